The molecule has 0 spiro atoms. The van der Waals surface area contributed by atoms with E-state index < -0.39 is 23.8 Å². The standard InChI is InChI=1S/C30H49N3O4/c1-9-21(5)25(32-29(36)37-30(6,7)8)28(35)33(20(3)4)26(23-18-16-22(10-2)17-19-23)27(34)31-24-14-12-11-13-15-24/h16-21,24-26H,9-15H2,1-8H3,(H,31,34)(H,32,36). The lowest BCUT2D eigenvalue weighted by Crippen LogP contribution is -2.57. The van der Waals surface area contributed by atoms with Crippen LogP contribution in [0.5, 0.6) is 0 Å². The van der Waals surface area contributed by atoms with E-state index in [1.807, 2.05) is 52.0 Å². The van der Waals surface area contributed by atoms with Crippen LogP contribution in [0, 0.1) is 5.92 Å². The average molecular weight is 516 g/mol. The predicted octanol–water partition coefficient (Wildman–Crippen LogP) is 5.92. The van der Waals surface area contributed by atoms with Crippen molar-refractivity contribution in [3.05, 3.63) is 35.4 Å². The number of hydrogen-bond donors (Lipinski definition) is 2. The minimum atomic E-state index is -0.817. The molecule has 0 radical (unpaired) electrons. The maximum Gasteiger partial charge on any atom is 0.408 e. The van der Waals surface area contributed by atoms with Gasteiger partial charge in [-0.05, 0) is 70.9 Å². The second-order valence-electron chi connectivity index (χ2n) is 11.7. The number of nitrogens with zero attached hydrogens (tertiary/aromatic N) is 1. The third-order valence-corrected chi connectivity index (χ3v) is 7.14. The van der Waals surface area contributed by atoms with E-state index in [1.54, 1.807) is 25.7 Å². The Morgan fingerprint density at radius 2 is 1.59 bits per heavy atom. The predicted molar refractivity (Wildman–Crippen MR) is 148 cm³/mol. The first-order valence-corrected chi connectivity index (χ1v) is 14.1. The van der Waals surface area contributed by atoms with Gasteiger partial charge >= 0.3 is 6.09 Å². The molecule has 1 aliphatic carbocycles. The van der Waals surface area contributed by atoms with Crippen LogP contribution in [-0.4, -0.2) is 46.5 Å². The number of alkyl carbamates (subject to hydrolysis) is 1. The van der Waals surface area contributed by atoms with E-state index in [9.17, 15) is 14.4 Å². The van der Waals surface area contributed by atoms with Crippen LogP contribution in [0.15, 0.2) is 24.3 Å². The SMILES string of the molecule is CCc1ccc(C(C(=O)NC2CCCCC2)N(C(=O)C(NC(=O)OC(C)(C)C)C(C)CC)C(C)C)cc1. The molecule has 208 valence electrons. The molecule has 1 aliphatic rings. The van der Waals surface area contributed by atoms with E-state index in [-0.39, 0.29) is 29.8 Å². The molecule has 3 atom stereocenters. The fourth-order valence-corrected chi connectivity index (χ4v) is 4.86. The van der Waals surface area contributed by atoms with Crippen LogP contribution < -0.4 is 10.6 Å². The molecule has 1 aromatic rings. The first kappa shape index (κ1) is 30.7. The van der Waals surface area contributed by atoms with Gasteiger partial charge in [0.2, 0.25) is 11.8 Å². The molecule has 0 aliphatic heterocycles. The van der Waals surface area contributed by atoms with Crippen LogP contribution in [0.4, 0.5) is 4.79 Å². The fourth-order valence-electron chi connectivity index (χ4n) is 4.86. The lowest BCUT2D eigenvalue weighted by atomic mass is 9.93. The van der Waals surface area contributed by atoms with E-state index in [0.717, 1.165) is 37.7 Å². The van der Waals surface area contributed by atoms with Crippen molar-refractivity contribution in [2.45, 2.75) is 130 Å². The maximum absolute atomic E-state index is 14.2. The van der Waals surface area contributed by atoms with Crippen LogP contribution >= 0.6 is 0 Å². The summed E-state index contributed by atoms with van der Waals surface area (Å²) in [6.07, 6.45) is 6.25. The Morgan fingerprint density at radius 1 is 1.00 bits per heavy atom. The Balaban J connectivity index is 2.46. The summed E-state index contributed by atoms with van der Waals surface area (Å²) in [6, 6.07) is 6.17. The first-order valence-electron chi connectivity index (χ1n) is 14.1. The Labute approximate surface area is 224 Å². The van der Waals surface area contributed by atoms with E-state index in [0.29, 0.717) is 6.42 Å². The molecule has 7 heteroatoms. The highest BCUT2D eigenvalue weighted by atomic mass is 16.6. The molecule has 2 rings (SSSR count). The summed E-state index contributed by atoms with van der Waals surface area (Å²) >= 11 is 0. The molecule has 1 aromatic carbocycles. The van der Waals surface area contributed by atoms with Crippen molar-refractivity contribution in [3.63, 3.8) is 0 Å². The lowest BCUT2D eigenvalue weighted by molar-refractivity contribution is -0.146. The van der Waals surface area contributed by atoms with Crippen LogP contribution in [0.1, 0.15) is 111 Å². The molecule has 0 saturated heterocycles. The fraction of sp³-hybridized carbons (Fsp3) is 0.700. The number of nitrogens with one attached hydrogen (secondary N) is 2. The number of carbonyl (C=O) groups excluding carboxylic acids is 3. The Morgan fingerprint density at radius 3 is 2.08 bits per heavy atom. The summed E-state index contributed by atoms with van der Waals surface area (Å²) in [4.78, 5) is 42.4. The van der Waals surface area contributed by atoms with Crippen LogP contribution in [0.3, 0.4) is 0 Å². The molecule has 1 fully saturated rings. The summed E-state index contributed by atoms with van der Waals surface area (Å²) in [5.74, 6) is -0.595. The Bertz CT molecular complexity index is 885. The van der Waals surface area contributed by atoms with Gasteiger partial charge in [-0.2, -0.15) is 0 Å². The zero-order valence-corrected chi connectivity index (χ0v) is 24.2. The average Bonchev–Trinajstić information content (AvgIpc) is 2.84. The third-order valence-electron chi connectivity index (χ3n) is 7.14. The zero-order valence-electron chi connectivity index (χ0n) is 24.2. The molecular formula is C30H49N3O4. The summed E-state index contributed by atoms with van der Waals surface area (Å²) < 4.78 is 5.47. The van der Waals surface area contributed by atoms with Gasteiger partial charge in [-0.25, -0.2) is 4.79 Å². The zero-order chi connectivity index (χ0) is 27.8. The summed E-state index contributed by atoms with van der Waals surface area (Å²) in [5, 5.41) is 6.07. The van der Waals surface area contributed by atoms with Gasteiger partial charge in [0.1, 0.15) is 17.7 Å². The molecular weight excluding hydrogens is 466 g/mol. The number of amides is 3. The van der Waals surface area contributed by atoms with E-state index in [2.05, 4.69) is 17.6 Å². The van der Waals surface area contributed by atoms with Crippen molar-refractivity contribution in [2.75, 3.05) is 0 Å². The van der Waals surface area contributed by atoms with Gasteiger partial charge < -0.3 is 20.3 Å². The Kier molecular flexibility index (Phi) is 11.5. The second kappa shape index (κ2) is 13.8. The molecule has 3 unspecified atom stereocenters. The van der Waals surface area contributed by atoms with Crippen molar-refractivity contribution >= 4 is 17.9 Å². The van der Waals surface area contributed by atoms with Crippen LogP contribution in [-0.2, 0) is 20.7 Å². The highest BCUT2D eigenvalue weighted by molar-refractivity contribution is 5.92. The quantitative estimate of drug-likeness (QED) is 0.405. The number of carbonyl (C=O) groups is 3. The van der Waals surface area contributed by atoms with Gasteiger partial charge in [0.25, 0.3) is 0 Å². The van der Waals surface area contributed by atoms with Gasteiger partial charge in [-0.15, -0.1) is 0 Å². The smallest absolute Gasteiger partial charge is 0.408 e. The second-order valence-corrected chi connectivity index (χ2v) is 11.7. The highest BCUT2D eigenvalue weighted by Crippen LogP contribution is 2.28. The van der Waals surface area contributed by atoms with Gasteiger partial charge in [0, 0.05) is 12.1 Å². The molecule has 1 saturated carbocycles. The molecule has 2 N–H and O–H groups in total. The van der Waals surface area contributed by atoms with Crippen LogP contribution in [0.25, 0.3) is 0 Å². The minimum Gasteiger partial charge on any atom is -0.444 e. The van der Waals surface area contributed by atoms with Crippen molar-refractivity contribution in [1.29, 1.82) is 0 Å². The van der Waals surface area contributed by atoms with Gasteiger partial charge in [0.15, 0.2) is 0 Å². The minimum absolute atomic E-state index is 0.119. The van der Waals surface area contributed by atoms with E-state index >= 15 is 0 Å². The number of aryl methyl sites for hydroxylation is 1. The number of rotatable bonds is 10. The maximum atomic E-state index is 14.2. The number of ether oxygens (including phenoxy) is 1. The van der Waals surface area contributed by atoms with Crippen molar-refractivity contribution in [3.8, 4) is 0 Å². The highest BCUT2D eigenvalue weighted by Gasteiger charge is 2.40. The number of benzene rings is 1. The van der Waals surface area contributed by atoms with E-state index in [4.69, 9.17) is 4.74 Å². The molecule has 0 aromatic heterocycles. The van der Waals surface area contributed by atoms with Crippen molar-refractivity contribution < 1.29 is 19.1 Å². The summed E-state index contributed by atoms with van der Waals surface area (Å²) in [6.45, 7) is 15.2. The summed E-state index contributed by atoms with van der Waals surface area (Å²) in [5.41, 5.74) is 1.25. The van der Waals surface area contributed by atoms with Gasteiger partial charge in [-0.3, -0.25) is 9.59 Å². The monoisotopic (exact) mass is 515 g/mol. The van der Waals surface area contributed by atoms with Crippen LogP contribution in [0.2, 0.25) is 0 Å². The van der Waals surface area contributed by atoms with Crippen molar-refractivity contribution in [1.82, 2.24) is 15.5 Å². The summed E-state index contributed by atoms with van der Waals surface area (Å²) in [7, 11) is 0. The van der Waals surface area contributed by atoms with Gasteiger partial charge in [-0.1, -0.05) is 70.7 Å². The van der Waals surface area contributed by atoms with Crippen molar-refractivity contribution in [2.24, 2.45) is 5.92 Å². The normalized spacial score (nSPS) is 17.0. The lowest BCUT2D eigenvalue weighted by Gasteiger charge is -2.39. The first-order chi connectivity index (χ1) is 17.4. The molecule has 7 nitrogen and oxygen atoms in total. The molecule has 0 bridgehead atoms. The van der Waals surface area contributed by atoms with E-state index in [1.165, 1.54) is 12.0 Å². The third kappa shape index (κ3) is 9.04. The topological polar surface area (TPSA) is 87.7 Å². The van der Waals surface area contributed by atoms with Gasteiger partial charge in [0.05, 0.1) is 0 Å². The molecule has 0 heterocycles. The molecule has 37 heavy (non-hydrogen) atoms. The largest absolute Gasteiger partial charge is 0.444 e. The number of hydrogen-bond acceptors (Lipinski definition) is 4. The molecule has 3 amide bonds. The Hall–Kier alpha value is -2.57.